The Bertz CT molecular complexity index is 541. The molecule has 0 N–H and O–H groups in total. The van der Waals surface area contributed by atoms with Gasteiger partial charge in [0.1, 0.15) is 6.04 Å². The second kappa shape index (κ2) is 6.22. The molecular weight excluding hydrogens is 278 g/mol. The van der Waals surface area contributed by atoms with Crippen molar-refractivity contribution in [2.75, 3.05) is 12.3 Å². The molecule has 0 radical (unpaired) electrons. The van der Waals surface area contributed by atoms with Crippen LogP contribution in [-0.4, -0.2) is 35.2 Å². The summed E-state index contributed by atoms with van der Waals surface area (Å²) in [6.45, 7) is 6.31. The summed E-state index contributed by atoms with van der Waals surface area (Å²) < 4.78 is 31.2. The van der Waals surface area contributed by atoms with Gasteiger partial charge in [0.05, 0.1) is 5.75 Å². The van der Waals surface area contributed by atoms with Crippen LogP contribution in [0.25, 0.3) is 0 Å². The summed E-state index contributed by atoms with van der Waals surface area (Å²) in [6.07, 6.45) is 3.56. The molecule has 114 valence electrons. The first kappa shape index (κ1) is 15.4. The third-order valence-corrected chi connectivity index (χ3v) is 5.85. The normalized spacial score (nSPS) is 22.9. The maximum absolute atomic E-state index is 12.2. The first-order valence-electron chi connectivity index (χ1n) is 7.32. The number of hydrogen-bond acceptors (Lipinski definition) is 5. The van der Waals surface area contributed by atoms with Crippen LogP contribution in [0.5, 0.6) is 0 Å². The third-order valence-electron chi connectivity index (χ3n) is 3.97. The lowest BCUT2D eigenvalue weighted by Crippen LogP contribution is -2.39. The molecule has 0 aromatic carbocycles. The Morgan fingerprint density at radius 3 is 2.80 bits per heavy atom. The quantitative estimate of drug-likeness (QED) is 0.835. The second-order valence-electron chi connectivity index (χ2n) is 5.32. The zero-order valence-electron chi connectivity index (χ0n) is 12.4. The molecule has 2 atom stereocenters. The molecule has 0 amide bonds. The highest BCUT2D eigenvalue weighted by molar-refractivity contribution is 7.89. The summed E-state index contributed by atoms with van der Waals surface area (Å²) in [7, 11) is -3.23. The molecule has 7 heteroatoms. The maximum atomic E-state index is 12.2. The fraction of sp³-hybridized carbons (Fsp3) is 0.846. The number of aromatic nitrogens is 2. The molecule has 0 unspecified atom stereocenters. The molecule has 2 heterocycles. The van der Waals surface area contributed by atoms with Crippen molar-refractivity contribution in [1.82, 2.24) is 14.4 Å². The summed E-state index contributed by atoms with van der Waals surface area (Å²) in [6, 6.07) is -0.293. The predicted molar refractivity (Wildman–Crippen MR) is 75.8 cm³/mol. The van der Waals surface area contributed by atoms with E-state index in [2.05, 4.69) is 17.1 Å². The minimum atomic E-state index is -3.23. The van der Waals surface area contributed by atoms with E-state index in [4.69, 9.17) is 4.52 Å². The van der Waals surface area contributed by atoms with Crippen molar-refractivity contribution < 1.29 is 12.9 Å². The number of piperidine rings is 1. The smallest absolute Gasteiger partial charge is 0.245 e. The van der Waals surface area contributed by atoms with Crippen LogP contribution in [-0.2, 0) is 10.0 Å². The van der Waals surface area contributed by atoms with Crippen LogP contribution in [0, 0.1) is 0 Å². The highest BCUT2D eigenvalue weighted by atomic mass is 32.2. The van der Waals surface area contributed by atoms with Crippen LogP contribution in [0.1, 0.15) is 70.1 Å². The van der Waals surface area contributed by atoms with E-state index < -0.39 is 10.0 Å². The monoisotopic (exact) mass is 301 g/mol. The van der Waals surface area contributed by atoms with Gasteiger partial charge in [0, 0.05) is 12.5 Å². The number of rotatable bonds is 5. The lowest BCUT2D eigenvalue weighted by Gasteiger charge is -2.31. The van der Waals surface area contributed by atoms with Gasteiger partial charge in [-0.1, -0.05) is 25.4 Å². The van der Waals surface area contributed by atoms with E-state index >= 15 is 0 Å². The molecule has 0 bridgehead atoms. The standard InChI is InChI=1S/C13H23N3O3S/c1-4-10(3)12-14-13(19-15-12)11-8-6-7-9-16(11)20(17,18)5-2/h10-11H,4-9H2,1-3H3/t10-,11+/m0/s1. The van der Waals surface area contributed by atoms with E-state index in [1.165, 1.54) is 4.31 Å². The van der Waals surface area contributed by atoms with E-state index in [1.807, 2.05) is 6.92 Å². The van der Waals surface area contributed by atoms with Gasteiger partial charge in [-0.15, -0.1) is 0 Å². The van der Waals surface area contributed by atoms with E-state index in [1.54, 1.807) is 6.92 Å². The van der Waals surface area contributed by atoms with Gasteiger partial charge in [0.15, 0.2) is 5.82 Å². The molecule has 0 spiro atoms. The van der Waals surface area contributed by atoms with Crippen LogP contribution < -0.4 is 0 Å². The van der Waals surface area contributed by atoms with Crippen molar-refractivity contribution in [3.05, 3.63) is 11.7 Å². The van der Waals surface area contributed by atoms with E-state index in [-0.39, 0.29) is 17.7 Å². The van der Waals surface area contributed by atoms with Crippen molar-refractivity contribution in [1.29, 1.82) is 0 Å². The Hall–Kier alpha value is -0.950. The predicted octanol–water partition coefficient (Wildman–Crippen LogP) is 2.46. The largest absolute Gasteiger partial charge is 0.338 e. The first-order valence-corrected chi connectivity index (χ1v) is 8.93. The zero-order valence-corrected chi connectivity index (χ0v) is 13.2. The second-order valence-corrected chi connectivity index (χ2v) is 7.53. The Kier molecular flexibility index (Phi) is 4.80. The van der Waals surface area contributed by atoms with Gasteiger partial charge in [-0.2, -0.15) is 9.29 Å². The fourth-order valence-electron chi connectivity index (χ4n) is 2.42. The Labute approximate surface area is 120 Å². The average molecular weight is 301 g/mol. The first-order chi connectivity index (χ1) is 9.49. The van der Waals surface area contributed by atoms with E-state index in [0.29, 0.717) is 18.3 Å². The Balaban J connectivity index is 2.26. The van der Waals surface area contributed by atoms with Gasteiger partial charge in [-0.05, 0) is 26.2 Å². The number of sulfonamides is 1. The van der Waals surface area contributed by atoms with Crippen LogP contribution in [0.15, 0.2) is 4.52 Å². The highest BCUT2D eigenvalue weighted by Gasteiger charge is 2.35. The minimum Gasteiger partial charge on any atom is -0.338 e. The van der Waals surface area contributed by atoms with Gasteiger partial charge in [0.2, 0.25) is 15.9 Å². The lowest BCUT2D eigenvalue weighted by molar-refractivity contribution is 0.204. The van der Waals surface area contributed by atoms with Gasteiger partial charge >= 0.3 is 0 Å². The van der Waals surface area contributed by atoms with Crippen molar-refractivity contribution in [3.8, 4) is 0 Å². The highest BCUT2D eigenvalue weighted by Crippen LogP contribution is 2.33. The van der Waals surface area contributed by atoms with Crippen molar-refractivity contribution in [3.63, 3.8) is 0 Å². The molecule has 1 saturated heterocycles. The van der Waals surface area contributed by atoms with Crippen LogP contribution in [0.4, 0.5) is 0 Å². The van der Waals surface area contributed by atoms with Crippen molar-refractivity contribution >= 4 is 10.0 Å². The van der Waals surface area contributed by atoms with Crippen molar-refractivity contribution in [2.45, 2.75) is 58.4 Å². The zero-order chi connectivity index (χ0) is 14.8. The summed E-state index contributed by atoms with van der Waals surface area (Å²) in [5.74, 6) is 1.45. The molecule has 0 saturated carbocycles. The lowest BCUT2D eigenvalue weighted by atomic mass is 10.0. The summed E-state index contributed by atoms with van der Waals surface area (Å²) in [5, 5.41) is 4.00. The summed E-state index contributed by atoms with van der Waals surface area (Å²) in [4.78, 5) is 4.42. The van der Waals surface area contributed by atoms with E-state index in [9.17, 15) is 8.42 Å². The van der Waals surface area contributed by atoms with Crippen molar-refractivity contribution in [2.24, 2.45) is 0 Å². The SMILES string of the molecule is CC[C@H](C)c1noc([C@H]2CCCCN2S(=O)(=O)CC)n1. The van der Waals surface area contributed by atoms with Crippen LogP contribution in [0.2, 0.25) is 0 Å². The molecular formula is C13H23N3O3S. The number of hydrogen-bond donors (Lipinski definition) is 0. The molecule has 1 aliphatic heterocycles. The van der Waals surface area contributed by atoms with E-state index in [0.717, 1.165) is 25.7 Å². The fourth-order valence-corrected chi connectivity index (χ4v) is 3.74. The topological polar surface area (TPSA) is 76.3 Å². The van der Waals surface area contributed by atoms with Gasteiger partial charge < -0.3 is 4.52 Å². The molecule has 1 aliphatic rings. The van der Waals surface area contributed by atoms with Gasteiger partial charge in [-0.3, -0.25) is 0 Å². The molecule has 6 nitrogen and oxygen atoms in total. The average Bonchev–Trinajstić information content (AvgIpc) is 2.96. The third kappa shape index (κ3) is 3.03. The Morgan fingerprint density at radius 1 is 1.40 bits per heavy atom. The molecule has 1 aromatic heterocycles. The minimum absolute atomic E-state index is 0.107. The molecule has 0 aliphatic carbocycles. The molecule has 1 fully saturated rings. The summed E-state index contributed by atoms with van der Waals surface area (Å²) >= 11 is 0. The van der Waals surface area contributed by atoms with Crippen LogP contribution >= 0.6 is 0 Å². The molecule has 20 heavy (non-hydrogen) atoms. The molecule has 1 aromatic rings. The molecule has 2 rings (SSSR count). The maximum Gasteiger partial charge on any atom is 0.245 e. The van der Waals surface area contributed by atoms with Crippen LogP contribution in [0.3, 0.4) is 0 Å². The van der Waals surface area contributed by atoms with Gasteiger partial charge in [0.25, 0.3) is 0 Å². The Morgan fingerprint density at radius 2 is 2.15 bits per heavy atom. The number of nitrogens with zero attached hydrogens (tertiary/aromatic N) is 3. The van der Waals surface area contributed by atoms with Gasteiger partial charge in [-0.25, -0.2) is 8.42 Å². The summed E-state index contributed by atoms with van der Waals surface area (Å²) in [5.41, 5.74) is 0.